The molecule has 1 aromatic rings. The van der Waals surface area contributed by atoms with Gasteiger partial charge in [-0.25, -0.2) is 4.79 Å². The van der Waals surface area contributed by atoms with E-state index in [1.165, 1.54) is 32.1 Å². The highest BCUT2D eigenvalue weighted by atomic mass is 16.5. The quantitative estimate of drug-likeness (QED) is 0.116. The Morgan fingerprint density at radius 1 is 0.836 bits per heavy atom. The van der Waals surface area contributed by atoms with E-state index in [2.05, 4.69) is 35.9 Å². The maximum absolute atomic E-state index is 14.4. The van der Waals surface area contributed by atoms with Crippen molar-refractivity contribution in [1.82, 2.24) is 24.9 Å². The molecule has 3 heterocycles. The predicted molar refractivity (Wildman–Crippen MR) is 220 cm³/mol. The lowest BCUT2D eigenvalue weighted by Crippen LogP contribution is -2.61. The highest BCUT2D eigenvalue weighted by Gasteiger charge is 2.44. The molecule has 3 aliphatic rings. The summed E-state index contributed by atoms with van der Waals surface area (Å²) in [6.07, 6.45) is 14.7. The smallest absolute Gasteiger partial charge is 0.329 e. The standard InChI is InChI=1S/C45H75N5O5/c1-9-10-11-12-13-14-18-28-39(34-23-16-15-17-24-34)55-44(54)37-27-22-31-50(37)42(52)36-26-21-30-49(36)32-38(33(2)3)48(8)43(53)40(45(4,5)6)46-41(51)35-25-19-20-29-47(35)7/h15-17,23-24,33,35-40H,9-14,18-22,25-32H2,1-8H3,(H,46,51)/t35-,36+,37+,38-,39+,40-/m1/s1. The van der Waals surface area contributed by atoms with Crippen LogP contribution in [0, 0.1) is 11.3 Å². The molecule has 3 fully saturated rings. The first-order valence-electron chi connectivity index (χ1n) is 21.8. The Kier molecular flexibility index (Phi) is 17.5. The number of amides is 3. The molecule has 310 valence electrons. The number of hydrogen-bond acceptors (Lipinski definition) is 7. The average Bonchev–Trinajstić information content (AvgIpc) is 3.85. The molecule has 10 nitrogen and oxygen atoms in total. The van der Waals surface area contributed by atoms with Crippen LogP contribution in [0.15, 0.2) is 30.3 Å². The number of rotatable bonds is 19. The van der Waals surface area contributed by atoms with E-state index in [1.807, 2.05) is 70.1 Å². The van der Waals surface area contributed by atoms with E-state index in [1.54, 1.807) is 4.90 Å². The van der Waals surface area contributed by atoms with Gasteiger partial charge in [0.1, 0.15) is 18.2 Å². The lowest BCUT2D eigenvalue weighted by Gasteiger charge is -2.41. The Morgan fingerprint density at radius 3 is 2.13 bits per heavy atom. The number of esters is 1. The van der Waals surface area contributed by atoms with Crippen molar-refractivity contribution in [3.05, 3.63) is 35.9 Å². The molecular formula is C45H75N5O5. The molecule has 0 unspecified atom stereocenters. The molecule has 0 aromatic heterocycles. The van der Waals surface area contributed by atoms with Gasteiger partial charge in [0.05, 0.1) is 12.1 Å². The Hall–Kier alpha value is -2.98. The van der Waals surface area contributed by atoms with E-state index in [4.69, 9.17) is 4.74 Å². The molecule has 1 aromatic carbocycles. The molecule has 3 aliphatic heterocycles. The zero-order valence-corrected chi connectivity index (χ0v) is 35.7. The maximum atomic E-state index is 14.4. The summed E-state index contributed by atoms with van der Waals surface area (Å²) in [7, 11) is 3.83. The van der Waals surface area contributed by atoms with Crippen LogP contribution in [0.5, 0.6) is 0 Å². The first-order valence-corrected chi connectivity index (χ1v) is 21.8. The van der Waals surface area contributed by atoms with Crippen molar-refractivity contribution >= 4 is 23.7 Å². The van der Waals surface area contributed by atoms with Gasteiger partial charge in [0.15, 0.2) is 0 Å². The molecule has 0 radical (unpaired) electrons. The third-order valence-corrected chi connectivity index (χ3v) is 12.5. The van der Waals surface area contributed by atoms with E-state index in [0.29, 0.717) is 19.5 Å². The van der Waals surface area contributed by atoms with Crippen LogP contribution < -0.4 is 5.32 Å². The number of likely N-dealkylation sites (tertiary alicyclic amines) is 3. The van der Waals surface area contributed by atoms with Gasteiger partial charge >= 0.3 is 5.97 Å². The van der Waals surface area contributed by atoms with E-state index >= 15 is 0 Å². The number of nitrogens with zero attached hydrogens (tertiary/aromatic N) is 4. The molecule has 0 spiro atoms. The summed E-state index contributed by atoms with van der Waals surface area (Å²) < 4.78 is 6.29. The Morgan fingerprint density at radius 2 is 1.47 bits per heavy atom. The second-order valence-electron chi connectivity index (χ2n) is 18.1. The van der Waals surface area contributed by atoms with Crippen LogP contribution in [0.25, 0.3) is 0 Å². The van der Waals surface area contributed by atoms with Crippen molar-refractivity contribution in [3.63, 3.8) is 0 Å². The van der Waals surface area contributed by atoms with Gasteiger partial charge in [0.25, 0.3) is 0 Å². The van der Waals surface area contributed by atoms with E-state index in [9.17, 15) is 19.2 Å². The Balaban J connectivity index is 1.41. The van der Waals surface area contributed by atoms with E-state index in [-0.39, 0.29) is 53.8 Å². The zero-order chi connectivity index (χ0) is 40.1. The molecule has 1 N–H and O–H groups in total. The van der Waals surface area contributed by atoms with Crippen LogP contribution in [0.2, 0.25) is 0 Å². The fourth-order valence-electron chi connectivity index (χ4n) is 8.94. The van der Waals surface area contributed by atoms with Gasteiger partial charge in [-0.15, -0.1) is 0 Å². The van der Waals surface area contributed by atoms with Crippen molar-refractivity contribution in [2.45, 2.75) is 174 Å². The van der Waals surface area contributed by atoms with Gasteiger partial charge in [-0.1, -0.05) is 117 Å². The lowest BCUT2D eigenvalue weighted by atomic mass is 9.84. The van der Waals surface area contributed by atoms with Crippen molar-refractivity contribution in [2.24, 2.45) is 11.3 Å². The largest absolute Gasteiger partial charge is 0.456 e. The number of nitrogens with one attached hydrogen (secondary N) is 1. The SMILES string of the molecule is CCCCCCCCC[C@H](OC(=O)[C@@H]1CCCN1C(=O)[C@@H]1CCCN1C[C@H](C(C)C)N(C)C(=O)[C@@H](NC(=O)[C@H]1CCCCN1C)C(C)(C)C)c1ccccc1. The van der Waals surface area contributed by atoms with Crippen molar-refractivity contribution < 1.29 is 23.9 Å². The molecule has 0 saturated carbocycles. The van der Waals surface area contributed by atoms with Gasteiger partial charge in [0.2, 0.25) is 17.7 Å². The van der Waals surface area contributed by atoms with Crippen LogP contribution in [0.1, 0.15) is 150 Å². The van der Waals surface area contributed by atoms with Gasteiger partial charge in [-0.3, -0.25) is 24.2 Å². The number of ether oxygens (including phenoxy) is 1. The van der Waals surface area contributed by atoms with Crippen LogP contribution in [0.3, 0.4) is 0 Å². The first kappa shape index (κ1) is 44.7. The number of piperidine rings is 1. The van der Waals surface area contributed by atoms with Gasteiger partial charge in [-0.05, 0) is 88.4 Å². The summed E-state index contributed by atoms with van der Waals surface area (Å²) >= 11 is 0. The molecule has 3 amide bonds. The highest BCUT2D eigenvalue weighted by molar-refractivity contribution is 5.91. The second kappa shape index (κ2) is 21.5. The monoisotopic (exact) mass is 766 g/mol. The maximum Gasteiger partial charge on any atom is 0.329 e. The fourth-order valence-corrected chi connectivity index (χ4v) is 8.94. The number of benzene rings is 1. The Bertz CT molecular complexity index is 1360. The number of likely N-dealkylation sites (N-methyl/N-ethyl adjacent to an activating group) is 2. The topological polar surface area (TPSA) is 102 Å². The zero-order valence-electron chi connectivity index (χ0n) is 35.7. The average molecular weight is 766 g/mol. The van der Waals surface area contributed by atoms with Crippen LogP contribution in [0.4, 0.5) is 0 Å². The predicted octanol–water partition coefficient (Wildman–Crippen LogP) is 7.37. The van der Waals surface area contributed by atoms with E-state index in [0.717, 1.165) is 76.4 Å². The fraction of sp³-hybridized carbons (Fsp3) is 0.778. The summed E-state index contributed by atoms with van der Waals surface area (Å²) in [6.45, 7) is 15.2. The molecule has 4 rings (SSSR count). The molecule has 55 heavy (non-hydrogen) atoms. The number of hydrogen-bond donors (Lipinski definition) is 1. The third kappa shape index (κ3) is 12.5. The molecular weight excluding hydrogens is 691 g/mol. The summed E-state index contributed by atoms with van der Waals surface area (Å²) in [6, 6.07) is 8.02. The van der Waals surface area contributed by atoms with Crippen LogP contribution in [-0.4, -0.2) is 114 Å². The summed E-state index contributed by atoms with van der Waals surface area (Å²) in [5.74, 6) is -0.374. The van der Waals surface area contributed by atoms with Gasteiger partial charge in [-0.2, -0.15) is 0 Å². The van der Waals surface area contributed by atoms with Crippen molar-refractivity contribution in [1.29, 1.82) is 0 Å². The normalized spacial score (nSPS) is 22.7. The van der Waals surface area contributed by atoms with Crippen molar-refractivity contribution in [2.75, 3.05) is 40.3 Å². The van der Waals surface area contributed by atoms with E-state index < -0.39 is 17.5 Å². The third-order valence-electron chi connectivity index (χ3n) is 12.5. The second-order valence-corrected chi connectivity index (χ2v) is 18.1. The number of carbonyl (C=O) groups is 4. The minimum Gasteiger partial charge on any atom is -0.456 e. The Labute approximate surface area is 333 Å². The van der Waals surface area contributed by atoms with Crippen molar-refractivity contribution in [3.8, 4) is 0 Å². The number of unbranched alkanes of at least 4 members (excludes halogenated alkanes) is 6. The summed E-state index contributed by atoms with van der Waals surface area (Å²) in [5, 5.41) is 3.16. The molecule has 3 saturated heterocycles. The number of carbonyl (C=O) groups excluding carboxylic acids is 4. The van der Waals surface area contributed by atoms with Gasteiger partial charge < -0.3 is 19.9 Å². The minimum absolute atomic E-state index is 0.00629. The summed E-state index contributed by atoms with van der Waals surface area (Å²) in [5.41, 5.74) is 0.516. The molecule has 6 atom stereocenters. The highest BCUT2D eigenvalue weighted by Crippen LogP contribution is 2.31. The van der Waals surface area contributed by atoms with Crippen LogP contribution in [-0.2, 0) is 23.9 Å². The molecule has 0 bridgehead atoms. The minimum atomic E-state index is -0.681. The lowest BCUT2D eigenvalue weighted by molar-refractivity contribution is -0.160. The van der Waals surface area contributed by atoms with Crippen LogP contribution >= 0.6 is 0 Å². The molecule has 0 aliphatic carbocycles. The summed E-state index contributed by atoms with van der Waals surface area (Å²) in [4.78, 5) is 64.1. The first-order chi connectivity index (χ1) is 26.2. The molecule has 10 heteroatoms. The van der Waals surface area contributed by atoms with Gasteiger partial charge in [0, 0.05) is 26.2 Å².